The number of amidine groups is 1. The molecule has 1 fully saturated rings. The number of carboxylic acid groups (broad SMARTS) is 1. The van der Waals surface area contributed by atoms with Crippen LogP contribution in [0.25, 0.3) is 6.08 Å². The maximum atomic E-state index is 12.6. The number of carbonyl (C=O) groups excluding carboxylic acids is 1. The van der Waals surface area contributed by atoms with E-state index in [1.807, 2.05) is 6.07 Å². The van der Waals surface area contributed by atoms with Crippen LogP contribution in [-0.4, -0.2) is 40.7 Å². The molecule has 0 saturated carbocycles. The maximum absolute atomic E-state index is 12.6. The molecule has 29 heavy (non-hydrogen) atoms. The minimum Gasteiger partial charge on any atom is -0.488 e. The number of likely N-dealkylation sites (N-methyl/N-ethyl adjacent to an activating group) is 1. The summed E-state index contributed by atoms with van der Waals surface area (Å²) in [5.41, 5.74) is 1.50. The van der Waals surface area contributed by atoms with Crippen LogP contribution in [0.4, 0.5) is 5.69 Å². The molecule has 148 valence electrons. The number of amides is 1. The number of rotatable bonds is 6. The zero-order chi connectivity index (χ0) is 21.0. The number of halogens is 1. The van der Waals surface area contributed by atoms with Crippen molar-refractivity contribution < 1.29 is 19.4 Å². The van der Waals surface area contributed by atoms with Crippen molar-refractivity contribution in [2.24, 2.45) is 4.99 Å². The molecule has 1 heterocycles. The Labute approximate surface area is 177 Å². The van der Waals surface area contributed by atoms with E-state index in [0.717, 1.165) is 5.56 Å². The van der Waals surface area contributed by atoms with E-state index in [2.05, 4.69) is 11.6 Å². The molecule has 1 aliphatic rings. The minimum absolute atomic E-state index is 0.176. The molecule has 0 atom stereocenters. The van der Waals surface area contributed by atoms with Gasteiger partial charge in [0.05, 0.1) is 21.2 Å². The SMILES string of the molecule is C=CCOc1ccc(/C=C2\SC(=Nc3ccc(C(=O)O)cc3)N(C)C2=O)cc1Cl. The Hall–Kier alpha value is -3.03. The van der Waals surface area contributed by atoms with Gasteiger partial charge in [-0.15, -0.1) is 0 Å². The number of hydrogen-bond acceptors (Lipinski definition) is 5. The number of thioether (sulfide) groups is 1. The Morgan fingerprint density at radius 1 is 1.31 bits per heavy atom. The molecule has 6 nitrogen and oxygen atoms in total. The summed E-state index contributed by atoms with van der Waals surface area (Å²) in [6.45, 7) is 3.95. The Morgan fingerprint density at radius 2 is 2.03 bits per heavy atom. The Kier molecular flexibility index (Phi) is 6.41. The summed E-state index contributed by atoms with van der Waals surface area (Å²) < 4.78 is 5.45. The third-order valence-corrected chi connectivity index (χ3v) is 5.31. The summed E-state index contributed by atoms with van der Waals surface area (Å²) >= 11 is 7.46. The summed E-state index contributed by atoms with van der Waals surface area (Å²) in [5, 5.41) is 9.91. The summed E-state index contributed by atoms with van der Waals surface area (Å²) in [7, 11) is 1.64. The van der Waals surface area contributed by atoms with Crippen LogP contribution in [0.2, 0.25) is 5.02 Å². The predicted octanol–water partition coefficient (Wildman–Crippen LogP) is 4.84. The van der Waals surface area contributed by atoms with Gasteiger partial charge in [-0.1, -0.05) is 30.3 Å². The number of aliphatic imine (C=N–C) groups is 1. The minimum atomic E-state index is -1.00. The largest absolute Gasteiger partial charge is 0.488 e. The molecule has 1 amide bonds. The van der Waals surface area contributed by atoms with Gasteiger partial charge in [0.15, 0.2) is 5.17 Å². The van der Waals surface area contributed by atoms with Crippen LogP contribution >= 0.6 is 23.4 Å². The van der Waals surface area contributed by atoms with Crippen molar-refractivity contribution in [2.45, 2.75) is 0 Å². The van der Waals surface area contributed by atoms with Gasteiger partial charge in [0.1, 0.15) is 12.4 Å². The van der Waals surface area contributed by atoms with E-state index < -0.39 is 5.97 Å². The van der Waals surface area contributed by atoms with Gasteiger partial charge in [-0.05, 0) is 59.8 Å². The predicted molar refractivity (Wildman–Crippen MR) is 116 cm³/mol. The van der Waals surface area contributed by atoms with Crippen LogP contribution in [-0.2, 0) is 4.79 Å². The molecule has 0 aliphatic carbocycles. The highest BCUT2D eigenvalue weighted by Crippen LogP contribution is 2.34. The molecule has 1 saturated heterocycles. The van der Waals surface area contributed by atoms with Crippen LogP contribution in [0.5, 0.6) is 5.75 Å². The normalized spacial score (nSPS) is 16.5. The zero-order valence-corrected chi connectivity index (χ0v) is 17.0. The molecule has 1 aliphatic heterocycles. The molecule has 8 heteroatoms. The first-order valence-corrected chi connectivity index (χ1v) is 9.71. The second-order valence-electron chi connectivity index (χ2n) is 6.01. The lowest BCUT2D eigenvalue weighted by molar-refractivity contribution is -0.121. The van der Waals surface area contributed by atoms with Crippen molar-refractivity contribution in [3.8, 4) is 5.75 Å². The summed E-state index contributed by atoms with van der Waals surface area (Å²) in [6.07, 6.45) is 3.37. The Morgan fingerprint density at radius 3 is 2.66 bits per heavy atom. The lowest BCUT2D eigenvalue weighted by atomic mass is 10.2. The third kappa shape index (κ3) is 4.88. The molecular formula is C21H17ClN2O4S. The average molecular weight is 429 g/mol. The van der Waals surface area contributed by atoms with Crippen LogP contribution in [0.3, 0.4) is 0 Å². The van der Waals surface area contributed by atoms with E-state index in [4.69, 9.17) is 21.4 Å². The quantitative estimate of drug-likeness (QED) is 0.526. The van der Waals surface area contributed by atoms with Crippen LogP contribution in [0.1, 0.15) is 15.9 Å². The van der Waals surface area contributed by atoms with Gasteiger partial charge in [-0.2, -0.15) is 0 Å². The van der Waals surface area contributed by atoms with Gasteiger partial charge in [0.25, 0.3) is 5.91 Å². The van der Waals surface area contributed by atoms with Gasteiger partial charge in [0, 0.05) is 7.05 Å². The topological polar surface area (TPSA) is 79.2 Å². The fraction of sp³-hybridized carbons (Fsp3) is 0.0952. The molecule has 0 bridgehead atoms. The van der Waals surface area contributed by atoms with Gasteiger partial charge in [0.2, 0.25) is 0 Å². The molecule has 0 unspecified atom stereocenters. The van der Waals surface area contributed by atoms with Crippen LogP contribution in [0, 0.1) is 0 Å². The number of ether oxygens (including phenoxy) is 1. The van der Waals surface area contributed by atoms with Crippen molar-refractivity contribution in [1.82, 2.24) is 4.90 Å². The van der Waals surface area contributed by atoms with Gasteiger partial charge < -0.3 is 9.84 Å². The van der Waals surface area contributed by atoms with Crippen LogP contribution in [0.15, 0.2) is 65.0 Å². The maximum Gasteiger partial charge on any atom is 0.335 e. The zero-order valence-electron chi connectivity index (χ0n) is 15.5. The van der Waals surface area contributed by atoms with E-state index in [9.17, 15) is 9.59 Å². The first kappa shape index (κ1) is 20.7. The lowest BCUT2D eigenvalue weighted by Crippen LogP contribution is -2.23. The second-order valence-corrected chi connectivity index (χ2v) is 7.43. The van der Waals surface area contributed by atoms with Crippen molar-refractivity contribution in [3.05, 3.63) is 76.2 Å². The first-order valence-electron chi connectivity index (χ1n) is 8.52. The third-order valence-electron chi connectivity index (χ3n) is 3.95. The Balaban J connectivity index is 1.81. The fourth-order valence-corrected chi connectivity index (χ4v) is 3.70. The van der Waals surface area contributed by atoms with E-state index >= 15 is 0 Å². The van der Waals surface area contributed by atoms with Gasteiger partial charge in [-0.25, -0.2) is 9.79 Å². The number of aromatic carboxylic acids is 1. The number of hydrogen-bond donors (Lipinski definition) is 1. The molecule has 2 aromatic carbocycles. The smallest absolute Gasteiger partial charge is 0.335 e. The first-order chi connectivity index (χ1) is 13.9. The highest BCUT2D eigenvalue weighted by Gasteiger charge is 2.30. The highest BCUT2D eigenvalue weighted by molar-refractivity contribution is 8.18. The van der Waals surface area contributed by atoms with Crippen molar-refractivity contribution in [2.75, 3.05) is 13.7 Å². The van der Waals surface area contributed by atoms with E-state index in [1.54, 1.807) is 43.5 Å². The van der Waals surface area contributed by atoms with Crippen molar-refractivity contribution >= 4 is 52.2 Å². The van der Waals surface area contributed by atoms with Crippen molar-refractivity contribution in [1.29, 1.82) is 0 Å². The molecular weight excluding hydrogens is 412 g/mol. The molecule has 3 rings (SSSR count). The molecule has 1 N–H and O–H groups in total. The Bertz CT molecular complexity index is 1030. The van der Waals surface area contributed by atoms with Crippen LogP contribution < -0.4 is 4.74 Å². The van der Waals surface area contributed by atoms with Gasteiger partial charge >= 0.3 is 5.97 Å². The monoisotopic (exact) mass is 428 g/mol. The fourth-order valence-electron chi connectivity index (χ4n) is 2.46. The molecule has 0 spiro atoms. The number of carboxylic acids is 1. The summed E-state index contributed by atoms with van der Waals surface area (Å²) in [5.74, 6) is -0.640. The number of carbonyl (C=O) groups is 2. The summed E-state index contributed by atoms with van der Waals surface area (Å²) in [4.78, 5) is 29.9. The molecule has 0 aromatic heterocycles. The molecule has 2 aromatic rings. The standard InChI is InChI=1S/C21H17ClN2O4S/c1-3-10-28-17-9-4-13(11-16(17)22)12-18-19(25)24(2)21(29-18)23-15-7-5-14(6-8-15)20(26)27/h3-9,11-12H,1,10H2,2H3,(H,26,27)/b18-12-,23-21?. The van der Waals surface area contributed by atoms with E-state index in [0.29, 0.717) is 33.1 Å². The van der Waals surface area contributed by atoms with E-state index in [1.165, 1.54) is 28.8 Å². The molecule has 0 radical (unpaired) electrons. The van der Waals surface area contributed by atoms with E-state index in [-0.39, 0.29) is 11.5 Å². The van der Waals surface area contributed by atoms with Crippen molar-refractivity contribution in [3.63, 3.8) is 0 Å². The highest BCUT2D eigenvalue weighted by atomic mass is 35.5. The van der Waals surface area contributed by atoms with Gasteiger partial charge in [-0.3, -0.25) is 9.69 Å². The average Bonchev–Trinajstić information content (AvgIpc) is 2.95. The number of nitrogens with zero attached hydrogens (tertiary/aromatic N) is 2. The summed E-state index contributed by atoms with van der Waals surface area (Å²) in [6, 6.07) is 11.4. The lowest BCUT2D eigenvalue weighted by Gasteiger charge is -2.07. The second kappa shape index (κ2) is 8.98. The number of benzene rings is 2.